The van der Waals surface area contributed by atoms with Gasteiger partial charge in [-0.2, -0.15) is 35.1 Å². The van der Waals surface area contributed by atoms with Crippen molar-refractivity contribution in [2.24, 2.45) is 0 Å². The van der Waals surface area contributed by atoms with Crippen molar-refractivity contribution in [1.29, 1.82) is 0 Å². The van der Waals surface area contributed by atoms with E-state index in [0.29, 0.717) is 0 Å². The summed E-state index contributed by atoms with van der Waals surface area (Å²) in [4.78, 5) is -2.89. The molecule has 0 aliphatic rings. The molecule has 11 heteroatoms. The molecule has 0 rings (SSSR count). The van der Waals surface area contributed by atoms with Gasteiger partial charge in [-0.3, -0.25) is 0 Å². The first kappa shape index (κ1) is 15.3. The Morgan fingerprint density at radius 1 is 0.875 bits per heavy atom. The van der Waals surface area contributed by atoms with E-state index >= 15 is 0 Å². The number of rotatable bonds is 3. The summed E-state index contributed by atoms with van der Waals surface area (Å²) in [7, 11) is 0.0670. The minimum absolute atomic E-state index is 0.0670. The highest BCUT2D eigenvalue weighted by atomic mass is 19.4. The zero-order chi connectivity index (χ0) is 13.4. The van der Waals surface area contributed by atoms with Gasteiger partial charge in [0.25, 0.3) is 6.30 Å². The summed E-state index contributed by atoms with van der Waals surface area (Å²) in [6.45, 7) is 0. The molecule has 0 radical (unpaired) electrons. The Bertz CT molecular complexity index is 219. The van der Waals surface area contributed by atoms with Gasteiger partial charge in [0, 0.05) is 7.11 Å². The number of alkyl halides is 9. The molecule has 0 aromatic rings. The predicted molar refractivity (Wildman–Crippen MR) is 30.8 cm³/mol. The van der Waals surface area contributed by atoms with Gasteiger partial charge in [0.2, 0.25) is 0 Å². The van der Waals surface area contributed by atoms with Crippen molar-refractivity contribution >= 4 is 0 Å². The minimum atomic E-state index is -6.35. The SMILES string of the molecule is COC(F)(F)C(F)N(C(F)(F)F)C(F)(F)F. The standard InChI is InChI=1S/C5H4F9NO/c1-16-3(7,8)2(6)15(4(9,10)11)5(12,13)14/h2H,1H3. The van der Waals surface area contributed by atoms with Gasteiger partial charge in [-0.25, -0.2) is 4.39 Å². The molecule has 98 valence electrons. The van der Waals surface area contributed by atoms with Gasteiger partial charge in [-0.05, 0) is 0 Å². The van der Waals surface area contributed by atoms with E-state index in [9.17, 15) is 39.5 Å². The van der Waals surface area contributed by atoms with Gasteiger partial charge in [-0.1, -0.05) is 4.90 Å². The van der Waals surface area contributed by atoms with Crippen LogP contribution in [0.15, 0.2) is 0 Å². The van der Waals surface area contributed by atoms with Gasteiger partial charge in [0.15, 0.2) is 0 Å². The Kier molecular flexibility index (Phi) is 4.09. The van der Waals surface area contributed by atoms with Crippen LogP contribution in [-0.4, -0.2) is 37.0 Å². The number of hydrogen-bond donors (Lipinski definition) is 0. The summed E-state index contributed by atoms with van der Waals surface area (Å²) >= 11 is 0. The summed E-state index contributed by atoms with van der Waals surface area (Å²) in [6.07, 6.45) is -22.7. The molecule has 1 unspecified atom stereocenters. The lowest BCUT2D eigenvalue weighted by atomic mass is 10.5. The number of halogens is 9. The van der Waals surface area contributed by atoms with Crippen molar-refractivity contribution in [3.8, 4) is 0 Å². The molecule has 0 bridgehead atoms. The van der Waals surface area contributed by atoms with Crippen molar-refractivity contribution in [3.63, 3.8) is 0 Å². The molecule has 0 fully saturated rings. The molecular formula is C5H4F9NO. The number of nitrogens with zero attached hydrogens (tertiary/aromatic N) is 1. The van der Waals surface area contributed by atoms with E-state index in [1.807, 2.05) is 0 Å². The highest BCUT2D eigenvalue weighted by Crippen LogP contribution is 2.40. The maximum absolute atomic E-state index is 12.4. The number of methoxy groups -OCH3 is 1. The molecule has 0 amide bonds. The molecular weight excluding hydrogens is 261 g/mol. The molecule has 16 heavy (non-hydrogen) atoms. The monoisotopic (exact) mass is 265 g/mol. The normalized spacial score (nSPS) is 16.7. The molecule has 2 nitrogen and oxygen atoms in total. The fraction of sp³-hybridized carbons (Fsp3) is 1.00. The summed E-state index contributed by atoms with van der Waals surface area (Å²) in [5.41, 5.74) is 0. The lowest BCUT2D eigenvalue weighted by Crippen LogP contribution is -2.58. The predicted octanol–water partition coefficient (Wildman–Crippen LogP) is 2.86. The molecule has 0 saturated carbocycles. The zero-order valence-electron chi connectivity index (χ0n) is 7.33. The first-order chi connectivity index (χ1) is 6.84. The Balaban J connectivity index is 5.24. The Morgan fingerprint density at radius 2 is 1.19 bits per heavy atom. The number of ether oxygens (including phenoxy) is 1. The molecule has 0 N–H and O–H groups in total. The van der Waals surface area contributed by atoms with E-state index in [4.69, 9.17) is 0 Å². The Hall–Kier alpha value is -0.710. The van der Waals surface area contributed by atoms with E-state index in [0.717, 1.165) is 0 Å². The maximum Gasteiger partial charge on any atom is 0.469 e. The number of hydrogen-bond acceptors (Lipinski definition) is 2. The first-order valence-electron chi connectivity index (χ1n) is 3.34. The van der Waals surface area contributed by atoms with Crippen LogP contribution in [0.1, 0.15) is 0 Å². The topological polar surface area (TPSA) is 12.5 Å². The van der Waals surface area contributed by atoms with Gasteiger partial charge in [0.05, 0.1) is 0 Å². The van der Waals surface area contributed by atoms with Crippen molar-refractivity contribution in [1.82, 2.24) is 4.90 Å². The van der Waals surface area contributed by atoms with Crippen LogP contribution in [0.5, 0.6) is 0 Å². The molecule has 0 saturated heterocycles. The van der Waals surface area contributed by atoms with Crippen LogP contribution in [0.25, 0.3) is 0 Å². The van der Waals surface area contributed by atoms with E-state index in [-0.39, 0.29) is 7.11 Å². The third-order valence-corrected chi connectivity index (χ3v) is 1.32. The van der Waals surface area contributed by atoms with Crippen LogP contribution < -0.4 is 0 Å². The fourth-order valence-electron chi connectivity index (χ4n) is 0.648. The van der Waals surface area contributed by atoms with Crippen molar-refractivity contribution in [2.45, 2.75) is 25.0 Å². The molecule has 0 aliphatic heterocycles. The lowest BCUT2D eigenvalue weighted by Gasteiger charge is -2.32. The van der Waals surface area contributed by atoms with E-state index in [1.165, 1.54) is 0 Å². The van der Waals surface area contributed by atoms with Crippen molar-refractivity contribution in [3.05, 3.63) is 0 Å². The lowest BCUT2D eigenvalue weighted by molar-refractivity contribution is -0.434. The summed E-state index contributed by atoms with van der Waals surface area (Å²) < 4.78 is 110. The first-order valence-corrected chi connectivity index (χ1v) is 3.34. The second kappa shape index (κ2) is 4.28. The van der Waals surface area contributed by atoms with Crippen molar-refractivity contribution in [2.75, 3.05) is 7.11 Å². The van der Waals surface area contributed by atoms with Crippen LogP contribution in [-0.2, 0) is 4.74 Å². The third-order valence-electron chi connectivity index (χ3n) is 1.32. The van der Waals surface area contributed by atoms with E-state index in [2.05, 4.69) is 4.74 Å². The highest BCUT2D eigenvalue weighted by molar-refractivity contribution is 4.74. The van der Waals surface area contributed by atoms with Crippen LogP contribution in [0.4, 0.5) is 39.5 Å². The van der Waals surface area contributed by atoms with Crippen LogP contribution >= 0.6 is 0 Å². The minimum Gasteiger partial charge on any atom is -0.320 e. The average molecular weight is 265 g/mol. The van der Waals surface area contributed by atoms with Crippen LogP contribution in [0, 0.1) is 0 Å². The molecule has 1 atom stereocenters. The second-order valence-corrected chi connectivity index (χ2v) is 2.41. The van der Waals surface area contributed by atoms with Crippen LogP contribution in [0.3, 0.4) is 0 Å². The van der Waals surface area contributed by atoms with E-state index < -0.39 is 29.9 Å². The largest absolute Gasteiger partial charge is 0.469 e. The summed E-state index contributed by atoms with van der Waals surface area (Å²) in [6, 6.07) is 0. The van der Waals surface area contributed by atoms with Gasteiger partial charge < -0.3 is 4.74 Å². The summed E-state index contributed by atoms with van der Waals surface area (Å²) in [5.74, 6) is 0. The van der Waals surface area contributed by atoms with Crippen LogP contribution in [0.2, 0.25) is 0 Å². The highest BCUT2D eigenvalue weighted by Gasteiger charge is 2.64. The maximum atomic E-state index is 12.4. The quantitative estimate of drug-likeness (QED) is 0.574. The van der Waals surface area contributed by atoms with Crippen molar-refractivity contribution < 1.29 is 44.3 Å². The fourth-order valence-corrected chi connectivity index (χ4v) is 0.648. The van der Waals surface area contributed by atoms with E-state index in [1.54, 1.807) is 0 Å². The summed E-state index contributed by atoms with van der Waals surface area (Å²) in [5, 5.41) is 0. The molecule has 0 spiro atoms. The van der Waals surface area contributed by atoms with Gasteiger partial charge in [0.1, 0.15) is 0 Å². The molecule has 0 heterocycles. The molecule has 0 aliphatic carbocycles. The Labute approximate surface area is 82.6 Å². The van der Waals surface area contributed by atoms with Gasteiger partial charge in [-0.15, -0.1) is 0 Å². The third kappa shape index (κ3) is 3.40. The smallest absolute Gasteiger partial charge is 0.320 e. The molecule has 0 aromatic heterocycles. The second-order valence-electron chi connectivity index (χ2n) is 2.41. The molecule has 0 aromatic carbocycles. The Morgan fingerprint density at radius 3 is 1.38 bits per heavy atom. The van der Waals surface area contributed by atoms with Gasteiger partial charge >= 0.3 is 18.7 Å². The zero-order valence-corrected chi connectivity index (χ0v) is 7.33. The average Bonchev–Trinajstić information content (AvgIpc) is 1.98.